The number of carbonyl (C=O) groups is 1. The van der Waals surface area contributed by atoms with Gasteiger partial charge in [-0.1, -0.05) is 0 Å². The van der Waals surface area contributed by atoms with Gasteiger partial charge in [0.05, 0.1) is 18.9 Å². The molecule has 0 fully saturated rings. The van der Waals surface area contributed by atoms with Gasteiger partial charge in [0.25, 0.3) is 5.91 Å². The van der Waals surface area contributed by atoms with Gasteiger partial charge in [-0.15, -0.1) is 0 Å². The van der Waals surface area contributed by atoms with Gasteiger partial charge in [0, 0.05) is 32.0 Å². The van der Waals surface area contributed by atoms with Gasteiger partial charge in [0.2, 0.25) is 0 Å². The van der Waals surface area contributed by atoms with Crippen molar-refractivity contribution in [2.45, 2.75) is 20.0 Å². The molecule has 1 N–H and O–H groups in total. The van der Waals surface area contributed by atoms with Gasteiger partial charge in [-0.05, 0) is 6.92 Å². The second-order valence-electron chi connectivity index (χ2n) is 4.58. The highest BCUT2D eigenvalue weighted by Crippen LogP contribution is 2.13. The largest absolute Gasteiger partial charge is 0.369 e. The number of rotatable bonds is 3. The number of carbonyl (C=O) groups excluding carboxylic acids is 1. The van der Waals surface area contributed by atoms with Crippen molar-refractivity contribution in [2.75, 3.05) is 18.4 Å². The van der Waals surface area contributed by atoms with E-state index in [1.165, 1.54) is 6.20 Å². The summed E-state index contributed by atoms with van der Waals surface area (Å²) in [4.78, 5) is 26.8. The molecule has 0 unspecified atom stereocenters. The normalized spacial score (nSPS) is 13.9. The van der Waals surface area contributed by atoms with E-state index in [1.807, 2.05) is 13.1 Å². The Morgan fingerprint density at radius 3 is 3.15 bits per heavy atom. The molecule has 0 saturated heterocycles. The first kappa shape index (κ1) is 12.6. The van der Waals surface area contributed by atoms with Crippen LogP contribution in [0.25, 0.3) is 0 Å². The van der Waals surface area contributed by atoms with Crippen LogP contribution in [0.2, 0.25) is 0 Å². The van der Waals surface area contributed by atoms with Gasteiger partial charge in [-0.2, -0.15) is 0 Å². The lowest BCUT2D eigenvalue weighted by atomic mass is 10.3. The van der Waals surface area contributed by atoms with E-state index in [9.17, 15) is 4.79 Å². The lowest BCUT2D eigenvalue weighted by molar-refractivity contribution is 0.0701. The summed E-state index contributed by atoms with van der Waals surface area (Å²) in [6.45, 7) is 4.66. The van der Waals surface area contributed by atoms with E-state index >= 15 is 0 Å². The van der Waals surface area contributed by atoms with Crippen LogP contribution in [0, 0.1) is 0 Å². The summed E-state index contributed by atoms with van der Waals surface area (Å²) in [7, 11) is 0. The number of aromatic nitrogens is 4. The first-order chi connectivity index (χ1) is 9.78. The molecule has 7 heteroatoms. The highest BCUT2D eigenvalue weighted by Gasteiger charge is 2.23. The standard InChI is InChI=1S/C13H16N6O/c1-2-15-11-8-14-7-10(17-11)13(20)19-6-5-18-4-3-16-12(18)9-19/h3-4,7-8H,2,5-6,9H2,1H3,(H,15,17). The van der Waals surface area contributed by atoms with Crippen molar-refractivity contribution >= 4 is 11.7 Å². The van der Waals surface area contributed by atoms with E-state index in [0.717, 1.165) is 18.9 Å². The predicted octanol–water partition coefficient (Wildman–Crippen LogP) is 0.761. The Hall–Kier alpha value is -2.44. The van der Waals surface area contributed by atoms with Crippen molar-refractivity contribution in [2.24, 2.45) is 0 Å². The zero-order valence-corrected chi connectivity index (χ0v) is 11.3. The molecule has 0 aliphatic carbocycles. The maximum atomic E-state index is 12.4. The molecular formula is C13H16N6O. The van der Waals surface area contributed by atoms with E-state index in [2.05, 4.69) is 24.8 Å². The fourth-order valence-electron chi connectivity index (χ4n) is 2.24. The zero-order valence-electron chi connectivity index (χ0n) is 11.3. The second kappa shape index (κ2) is 5.28. The van der Waals surface area contributed by atoms with Crippen molar-refractivity contribution in [3.63, 3.8) is 0 Å². The first-order valence-corrected chi connectivity index (χ1v) is 6.63. The number of amides is 1. The van der Waals surface area contributed by atoms with Crippen LogP contribution in [-0.2, 0) is 13.1 Å². The van der Waals surface area contributed by atoms with Crippen LogP contribution in [0.3, 0.4) is 0 Å². The minimum absolute atomic E-state index is 0.105. The summed E-state index contributed by atoms with van der Waals surface area (Å²) in [5.74, 6) is 1.42. The number of hydrogen-bond acceptors (Lipinski definition) is 5. The van der Waals surface area contributed by atoms with Crippen LogP contribution in [0.5, 0.6) is 0 Å². The highest BCUT2D eigenvalue weighted by atomic mass is 16.2. The molecule has 0 bridgehead atoms. The third-order valence-corrected chi connectivity index (χ3v) is 3.24. The van der Waals surface area contributed by atoms with Crippen molar-refractivity contribution in [1.82, 2.24) is 24.4 Å². The smallest absolute Gasteiger partial charge is 0.274 e. The van der Waals surface area contributed by atoms with Gasteiger partial charge in [0.15, 0.2) is 0 Å². The van der Waals surface area contributed by atoms with Crippen LogP contribution >= 0.6 is 0 Å². The maximum Gasteiger partial charge on any atom is 0.274 e. The van der Waals surface area contributed by atoms with E-state index in [0.29, 0.717) is 24.6 Å². The van der Waals surface area contributed by atoms with Crippen LogP contribution in [-0.4, -0.2) is 43.4 Å². The SMILES string of the molecule is CCNc1cncc(C(=O)N2CCn3ccnc3C2)n1. The molecule has 1 amide bonds. The molecule has 1 aliphatic heterocycles. The van der Waals surface area contributed by atoms with Crippen LogP contribution in [0.4, 0.5) is 5.82 Å². The highest BCUT2D eigenvalue weighted by molar-refractivity contribution is 5.92. The Morgan fingerprint density at radius 2 is 2.30 bits per heavy atom. The molecule has 0 saturated carbocycles. The Balaban J connectivity index is 1.78. The molecule has 0 radical (unpaired) electrons. The molecule has 20 heavy (non-hydrogen) atoms. The molecule has 0 atom stereocenters. The first-order valence-electron chi connectivity index (χ1n) is 6.63. The molecule has 0 aromatic carbocycles. The Kier molecular flexibility index (Phi) is 3.32. The third-order valence-electron chi connectivity index (χ3n) is 3.24. The molecule has 3 heterocycles. The number of anilines is 1. The Bertz CT molecular complexity index is 623. The quantitative estimate of drug-likeness (QED) is 0.892. The van der Waals surface area contributed by atoms with Crippen LogP contribution in [0.15, 0.2) is 24.8 Å². The van der Waals surface area contributed by atoms with E-state index in [-0.39, 0.29) is 5.91 Å². The average Bonchev–Trinajstić information content (AvgIpc) is 2.94. The fraction of sp³-hybridized carbons (Fsp3) is 0.385. The monoisotopic (exact) mass is 272 g/mol. The van der Waals surface area contributed by atoms with Gasteiger partial charge >= 0.3 is 0 Å². The molecule has 2 aromatic rings. The minimum Gasteiger partial charge on any atom is -0.369 e. The summed E-state index contributed by atoms with van der Waals surface area (Å²) in [6, 6.07) is 0. The summed E-state index contributed by atoms with van der Waals surface area (Å²) < 4.78 is 2.06. The maximum absolute atomic E-state index is 12.4. The second-order valence-corrected chi connectivity index (χ2v) is 4.58. The summed E-state index contributed by atoms with van der Waals surface area (Å²) in [5.41, 5.74) is 0.364. The fourth-order valence-corrected chi connectivity index (χ4v) is 2.24. The van der Waals surface area contributed by atoms with E-state index in [4.69, 9.17) is 0 Å². The lowest BCUT2D eigenvalue weighted by Gasteiger charge is -2.27. The third kappa shape index (κ3) is 2.34. The van der Waals surface area contributed by atoms with Crippen molar-refractivity contribution in [3.05, 3.63) is 36.3 Å². The number of imidazole rings is 1. The molecule has 7 nitrogen and oxygen atoms in total. The van der Waals surface area contributed by atoms with E-state index in [1.54, 1.807) is 17.3 Å². The summed E-state index contributed by atoms with van der Waals surface area (Å²) in [5, 5.41) is 3.06. The van der Waals surface area contributed by atoms with Crippen molar-refractivity contribution in [1.29, 1.82) is 0 Å². The van der Waals surface area contributed by atoms with Gasteiger partial charge < -0.3 is 14.8 Å². The van der Waals surface area contributed by atoms with Gasteiger partial charge in [-0.25, -0.2) is 9.97 Å². The van der Waals surface area contributed by atoms with Gasteiger partial charge in [-0.3, -0.25) is 9.78 Å². The van der Waals surface area contributed by atoms with Crippen LogP contribution in [0.1, 0.15) is 23.2 Å². The average molecular weight is 272 g/mol. The summed E-state index contributed by atoms with van der Waals surface area (Å²) >= 11 is 0. The lowest BCUT2D eigenvalue weighted by Crippen LogP contribution is -2.38. The summed E-state index contributed by atoms with van der Waals surface area (Å²) in [6.07, 6.45) is 6.81. The van der Waals surface area contributed by atoms with Crippen LogP contribution < -0.4 is 5.32 Å². The number of hydrogen-bond donors (Lipinski definition) is 1. The number of nitrogens with zero attached hydrogens (tertiary/aromatic N) is 5. The van der Waals surface area contributed by atoms with Crippen molar-refractivity contribution < 1.29 is 4.79 Å². The minimum atomic E-state index is -0.105. The van der Waals surface area contributed by atoms with Gasteiger partial charge in [0.1, 0.15) is 17.3 Å². The molecule has 3 rings (SSSR count). The predicted molar refractivity (Wildman–Crippen MR) is 73.2 cm³/mol. The molecule has 104 valence electrons. The number of fused-ring (bicyclic) bond motifs is 1. The van der Waals surface area contributed by atoms with Crippen molar-refractivity contribution in [3.8, 4) is 0 Å². The zero-order chi connectivity index (χ0) is 13.9. The number of nitrogens with one attached hydrogen (secondary N) is 1. The topological polar surface area (TPSA) is 75.9 Å². The van der Waals surface area contributed by atoms with E-state index < -0.39 is 0 Å². The Labute approximate surface area is 116 Å². The molecule has 0 spiro atoms. The molecule has 1 aliphatic rings. The Morgan fingerprint density at radius 1 is 1.40 bits per heavy atom. The molecular weight excluding hydrogens is 256 g/mol. The molecule has 2 aromatic heterocycles.